The molecule has 0 aliphatic carbocycles. The summed E-state index contributed by atoms with van der Waals surface area (Å²) in [4.78, 5) is 0. The number of para-hydroxylation sites is 1. The first-order valence-corrected chi connectivity index (χ1v) is 3.95. The maximum Gasteiger partial charge on any atom is 0.184 e. The molecule has 2 rings (SSSR count). The minimum absolute atomic E-state index is 0.110. The number of benzene rings is 1. The van der Waals surface area contributed by atoms with Crippen molar-refractivity contribution in [2.45, 2.75) is 13.0 Å². The standard InChI is InChI=1S/C9H11NO2/c1-6-5-11-9-7(10)3-2-4-8(9)12-6/h2-4,6H,5,10H2,1H3. The molecule has 0 bridgehead atoms. The van der Waals surface area contributed by atoms with Crippen LogP contribution in [0.3, 0.4) is 0 Å². The van der Waals surface area contributed by atoms with Gasteiger partial charge in [-0.25, -0.2) is 0 Å². The lowest BCUT2D eigenvalue weighted by molar-refractivity contribution is 0.105. The summed E-state index contributed by atoms with van der Waals surface area (Å²) in [5, 5.41) is 0. The Morgan fingerprint density at radius 2 is 2.33 bits per heavy atom. The van der Waals surface area contributed by atoms with Crippen LogP contribution < -0.4 is 15.2 Å². The lowest BCUT2D eigenvalue weighted by atomic mass is 10.2. The second-order valence-corrected chi connectivity index (χ2v) is 2.91. The number of fused-ring (bicyclic) bond motifs is 1. The molecule has 1 aromatic rings. The van der Waals surface area contributed by atoms with Gasteiger partial charge in [0.1, 0.15) is 12.7 Å². The zero-order valence-corrected chi connectivity index (χ0v) is 6.91. The summed E-state index contributed by atoms with van der Waals surface area (Å²) >= 11 is 0. The Balaban J connectivity index is 2.42. The van der Waals surface area contributed by atoms with E-state index in [1.54, 1.807) is 6.07 Å². The monoisotopic (exact) mass is 165 g/mol. The van der Waals surface area contributed by atoms with E-state index in [-0.39, 0.29) is 6.10 Å². The molecule has 0 amide bonds. The van der Waals surface area contributed by atoms with Crippen LogP contribution in [-0.4, -0.2) is 12.7 Å². The van der Waals surface area contributed by atoms with Crippen molar-refractivity contribution in [1.82, 2.24) is 0 Å². The Kier molecular flexibility index (Phi) is 1.57. The molecule has 0 fully saturated rings. The molecule has 1 heterocycles. The van der Waals surface area contributed by atoms with Crippen LogP contribution in [0.2, 0.25) is 0 Å². The maximum atomic E-state index is 5.68. The van der Waals surface area contributed by atoms with Crippen molar-refractivity contribution >= 4 is 5.69 Å². The lowest BCUT2D eigenvalue weighted by Crippen LogP contribution is -2.26. The van der Waals surface area contributed by atoms with Crippen molar-refractivity contribution in [3.8, 4) is 11.5 Å². The molecule has 12 heavy (non-hydrogen) atoms. The molecule has 64 valence electrons. The first kappa shape index (κ1) is 7.28. The van der Waals surface area contributed by atoms with Crippen LogP contribution in [0.5, 0.6) is 11.5 Å². The van der Waals surface area contributed by atoms with E-state index in [1.165, 1.54) is 0 Å². The largest absolute Gasteiger partial charge is 0.484 e. The van der Waals surface area contributed by atoms with Gasteiger partial charge in [-0.2, -0.15) is 0 Å². The molecule has 0 spiro atoms. The highest BCUT2D eigenvalue weighted by Gasteiger charge is 2.18. The quantitative estimate of drug-likeness (QED) is 0.591. The molecule has 1 aliphatic heterocycles. The fraction of sp³-hybridized carbons (Fsp3) is 0.333. The summed E-state index contributed by atoms with van der Waals surface area (Å²) in [6.45, 7) is 2.54. The molecule has 0 aromatic heterocycles. The summed E-state index contributed by atoms with van der Waals surface area (Å²) < 4.78 is 10.9. The third-order valence-corrected chi connectivity index (χ3v) is 1.80. The van der Waals surface area contributed by atoms with Gasteiger partial charge in [-0.05, 0) is 19.1 Å². The number of rotatable bonds is 0. The van der Waals surface area contributed by atoms with Gasteiger partial charge in [0, 0.05) is 0 Å². The lowest BCUT2D eigenvalue weighted by Gasteiger charge is -2.24. The summed E-state index contributed by atoms with van der Waals surface area (Å²) in [5.41, 5.74) is 6.32. The minimum Gasteiger partial charge on any atom is -0.484 e. The summed E-state index contributed by atoms with van der Waals surface area (Å²) in [6.07, 6.45) is 0.110. The third-order valence-electron chi connectivity index (χ3n) is 1.80. The maximum absolute atomic E-state index is 5.68. The molecular formula is C9H11NO2. The first-order valence-electron chi connectivity index (χ1n) is 3.95. The topological polar surface area (TPSA) is 44.5 Å². The number of ether oxygens (including phenoxy) is 2. The van der Waals surface area contributed by atoms with E-state index in [0.717, 1.165) is 5.75 Å². The van der Waals surface area contributed by atoms with Crippen LogP contribution in [0.1, 0.15) is 6.92 Å². The molecule has 1 unspecified atom stereocenters. The number of hydrogen-bond acceptors (Lipinski definition) is 3. The Labute approximate surface area is 71.1 Å². The van der Waals surface area contributed by atoms with Gasteiger partial charge >= 0.3 is 0 Å². The highest BCUT2D eigenvalue weighted by molar-refractivity contribution is 5.60. The van der Waals surface area contributed by atoms with Crippen molar-refractivity contribution in [3.05, 3.63) is 18.2 Å². The minimum atomic E-state index is 0.110. The van der Waals surface area contributed by atoms with Crippen molar-refractivity contribution < 1.29 is 9.47 Å². The van der Waals surface area contributed by atoms with Crippen molar-refractivity contribution in [2.75, 3.05) is 12.3 Å². The molecule has 1 aliphatic rings. The van der Waals surface area contributed by atoms with Gasteiger partial charge in [-0.3, -0.25) is 0 Å². The van der Waals surface area contributed by atoms with E-state index in [9.17, 15) is 0 Å². The third kappa shape index (κ3) is 1.07. The summed E-state index contributed by atoms with van der Waals surface area (Å²) in [6, 6.07) is 5.52. The predicted molar refractivity (Wildman–Crippen MR) is 46.4 cm³/mol. The normalized spacial score (nSPS) is 20.6. The molecule has 0 radical (unpaired) electrons. The molecule has 1 aromatic carbocycles. The van der Waals surface area contributed by atoms with E-state index in [1.807, 2.05) is 19.1 Å². The highest BCUT2D eigenvalue weighted by Crippen LogP contribution is 2.36. The van der Waals surface area contributed by atoms with Crippen LogP contribution in [0.4, 0.5) is 5.69 Å². The Hall–Kier alpha value is -1.38. The van der Waals surface area contributed by atoms with Crippen LogP contribution in [0.25, 0.3) is 0 Å². The number of anilines is 1. The zero-order chi connectivity index (χ0) is 8.55. The second-order valence-electron chi connectivity index (χ2n) is 2.91. The van der Waals surface area contributed by atoms with Gasteiger partial charge in [0.05, 0.1) is 5.69 Å². The molecule has 2 N–H and O–H groups in total. The molecular weight excluding hydrogens is 154 g/mol. The summed E-state index contributed by atoms with van der Waals surface area (Å²) in [5.74, 6) is 1.42. The fourth-order valence-electron chi connectivity index (χ4n) is 1.23. The van der Waals surface area contributed by atoms with Gasteiger partial charge in [-0.1, -0.05) is 6.07 Å². The smallest absolute Gasteiger partial charge is 0.184 e. The van der Waals surface area contributed by atoms with Gasteiger partial charge < -0.3 is 15.2 Å². The van der Waals surface area contributed by atoms with Crippen molar-refractivity contribution in [1.29, 1.82) is 0 Å². The van der Waals surface area contributed by atoms with Crippen LogP contribution in [-0.2, 0) is 0 Å². The van der Waals surface area contributed by atoms with Gasteiger partial charge in [0.15, 0.2) is 11.5 Å². The first-order chi connectivity index (χ1) is 5.77. The highest BCUT2D eigenvalue weighted by atomic mass is 16.6. The summed E-state index contributed by atoms with van der Waals surface area (Å²) in [7, 11) is 0. The average molecular weight is 165 g/mol. The second kappa shape index (κ2) is 2.59. The number of nitrogen functional groups attached to an aromatic ring is 1. The van der Waals surface area contributed by atoms with Gasteiger partial charge in [-0.15, -0.1) is 0 Å². The Bertz CT molecular complexity index is 299. The SMILES string of the molecule is CC1COc2c(N)cccc2O1. The number of nitrogens with two attached hydrogens (primary N) is 1. The predicted octanol–water partition coefficient (Wildman–Crippen LogP) is 1.43. The number of hydrogen-bond donors (Lipinski definition) is 1. The fourth-order valence-corrected chi connectivity index (χ4v) is 1.23. The molecule has 1 atom stereocenters. The molecule has 3 nitrogen and oxygen atoms in total. The van der Waals surface area contributed by atoms with E-state index in [4.69, 9.17) is 15.2 Å². The van der Waals surface area contributed by atoms with E-state index in [0.29, 0.717) is 18.0 Å². The van der Waals surface area contributed by atoms with Gasteiger partial charge in [0.2, 0.25) is 0 Å². The van der Waals surface area contributed by atoms with E-state index >= 15 is 0 Å². The molecule has 0 saturated heterocycles. The van der Waals surface area contributed by atoms with Crippen molar-refractivity contribution in [2.24, 2.45) is 0 Å². The van der Waals surface area contributed by atoms with Gasteiger partial charge in [0.25, 0.3) is 0 Å². The molecule has 0 saturated carbocycles. The van der Waals surface area contributed by atoms with Crippen molar-refractivity contribution in [3.63, 3.8) is 0 Å². The van der Waals surface area contributed by atoms with Crippen LogP contribution in [0.15, 0.2) is 18.2 Å². The van der Waals surface area contributed by atoms with Crippen LogP contribution >= 0.6 is 0 Å². The van der Waals surface area contributed by atoms with E-state index in [2.05, 4.69) is 0 Å². The Morgan fingerprint density at radius 3 is 3.17 bits per heavy atom. The van der Waals surface area contributed by atoms with E-state index < -0.39 is 0 Å². The Morgan fingerprint density at radius 1 is 1.50 bits per heavy atom. The molecule has 3 heteroatoms. The zero-order valence-electron chi connectivity index (χ0n) is 6.91. The average Bonchev–Trinajstić information content (AvgIpc) is 2.04. The van der Waals surface area contributed by atoms with Crippen LogP contribution in [0, 0.1) is 0 Å².